The van der Waals surface area contributed by atoms with Gasteiger partial charge in [-0.25, -0.2) is 0 Å². The molecular formula is C18H20NO2. The maximum atomic E-state index is 13.2. The zero-order chi connectivity index (χ0) is 14.9. The average molecular weight is 282 g/mol. The molecule has 1 aliphatic heterocycles. The summed E-state index contributed by atoms with van der Waals surface area (Å²) in [6.45, 7) is 4.72. The fourth-order valence-electron chi connectivity index (χ4n) is 3.11. The van der Waals surface area contributed by atoms with Crippen molar-refractivity contribution >= 4 is 0 Å². The van der Waals surface area contributed by atoms with E-state index in [1.165, 1.54) is 5.06 Å². The summed E-state index contributed by atoms with van der Waals surface area (Å²) in [4.78, 5) is 0. The van der Waals surface area contributed by atoms with Gasteiger partial charge in [-0.05, 0) is 25.0 Å². The lowest BCUT2D eigenvalue weighted by molar-refractivity contribution is -0.334. The molecule has 0 unspecified atom stereocenters. The van der Waals surface area contributed by atoms with Gasteiger partial charge in [-0.3, -0.25) is 0 Å². The summed E-state index contributed by atoms with van der Waals surface area (Å²) in [5.74, 6) is 0. The first-order valence-corrected chi connectivity index (χ1v) is 7.24. The van der Waals surface area contributed by atoms with E-state index >= 15 is 0 Å². The minimum Gasteiger partial charge on any atom is -0.377 e. The van der Waals surface area contributed by atoms with Gasteiger partial charge in [0.2, 0.25) is 0 Å². The fourth-order valence-corrected chi connectivity index (χ4v) is 3.11. The van der Waals surface area contributed by atoms with Crippen molar-refractivity contribution in [2.24, 2.45) is 0 Å². The van der Waals surface area contributed by atoms with Crippen LogP contribution in [0.5, 0.6) is 0 Å². The van der Waals surface area contributed by atoms with Crippen LogP contribution in [0.3, 0.4) is 0 Å². The highest BCUT2D eigenvalue weighted by Gasteiger charge is 2.50. The molecule has 0 aliphatic carbocycles. The van der Waals surface area contributed by atoms with Crippen LogP contribution < -0.4 is 0 Å². The highest BCUT2D eigenvalue weighted by molar-refractivity contribution is 5.29. The topological polar surface area (TPSA) is 32.4 Å². The maximum Gasteiger partial charge on any atom is 0.0957 e. The van der Waals surface area contributed by atoms with Gasteiger partial charge < -0.3 is 4.74 Å². The van der Waals surface area contributed by atoms with Crippen molar-refractivity contribution in [1.29, 1.82) is 0 Å². The number of hydrogen-bond donors (Lipinski definition) is 0. The molecule has 2 aromatic rings. The Balaban J connectivity index is 2.03. The molecule has 0 aromatic heterocycles. The van der Waals surface area contributed by atoms with Gasteiger partial charge in [-0.1, -0.05) is 60.7 Å². The summed E-state index contributed by atoms with van der Waals surface area (Å²) in [6.07, 6.45) is 0. The molecule has 0 saturated carbocycles. The van der Waals surface area contributed by atoms with E-state index in [1.807, 2.05) is 74.5 Å². The number of rotatable bonds is 2. The van der Waals surface area contributed by atoms with Crippen molar-refractivity contribution in [1.82, 2.24) is 5.06 Å². The molecule has 109 valence electrons. The van der Waals surface area contributed by atoms with E-state index in [-0.39, 0.29) is 0 Å². The van der Waals surface area contributed by atoms with Crippen LogP contribution in [-0.2, 0) is 21.0 Å². The van der Waals surface area contributed by atoms with Crippen LogP contribution in [0.25, 0.3) is 0 Å². The van der Waals surface area contributed by atoms with Gasteiger partial charge >= 0.3 is 0 Å². The molecule has 1 heterocycles. The minimum atomic E-state index is -0.676. The summed E-state index contributed by atoms with van der Waals surface area (Å²) in [6, 6.07) is 19.7. The van der Waals surface area contributed by atoms with Crippen LogP contribution in [0.4, 0.5) is 0 Å². The molecule has 1 fully saturated rings. The monoisotopic (exact) mass is 282 g/mol. The highest BCUT2D eigenvalue weighted by Crippen LogP contribution is 2.42. The van der Waals surface area contributed by atoms with Crippen LogP contribution in [0.2, 0.25) is 0 Å². The Morgan fingerprint density at radius 3 is 1.57 bits per heavy atom. The molecule has 1 saturated heterocycles. The van der Waals surface area contributed by atoms with Gasteiger partial charge in [0, 0.05) is 0 Å². The number of hydroxylamine groups is 2. The molecule has 3 rings (SSSR count). The first kappa shape index (κ1) is 14.3. The Labute approximate surface area is 125 Å². The molecular weight excluding hydrogens is 262 g/mol. The summed E-state index contributed by atoms with van der Waals surface area (Å²) in [5, 5.41) is 14.4. The normalized spacial score (nSPS) is 30.2. The standard InChI is InChI=1S/C18H20NO2/c1-17(15-9-5-3-6-10-15)13-21-14-18(2,19(17)20)16-11-7-4-8-12-16/h3-12H,13-14H2,1-2H3/t17-,18-/m0/s1. The van der Waals surface area contributed by atoms with Gasteiger partial charge in [-0.15, -0.1) is 10.3 Å². The number of hydrogen-bond acceptors (Lipinski definition) is 2. The largest absolute Gasteiger partial charge is 0.377 e. The van der Waals surface area contributed by atoms with Crippen LogP contribution in [0, 0.1) is 0 Å². The van der Waals surface area contributed by atoms with Gasteiger partial charge in [0.25, 0.3) is 0 Å². The number of nitrogens with zero attached hydrogens (tertiary/aromatic N) is 1. The number of morpholine rings is 1. The van der Waals surface area contributed by atoms with Crippen molar-refractivity contribution in [3.05, 3.63) is 71.8 Å². The second kappa shape index (κ2) is 5.26. The van der Waals surface area contributed by atoms with E-state index in [9.17, 15) is 5.21 Å². The molecule has 0 amide bonds. The van der Waals surface area contributed by atoms with Crippen molar-refractivity contribution < 1.29 is 9.94 Å². The number of benzene rings is 2. The van der Waals surface area contributed by atoms with Crippen LogP contribution in [0.1, 0.15) is 25.0 Å². The molecule has 0 spiro atoms. The molecule has 21 heavy (non-hydrogen) atoms. The van der Waals surface area contributed by atoms with E-state index in [1.54, 1.807) is 0 Å². The van der Waals surface area contributed by atoms with E-state index in [2.05, 4.69) is 0 Å². The molecule has 1 radical (unpaired) electrons. The minimum absolute atomic E-state index is 0.406. The van der Waals surface area contributed by atoms with Crippen molar-refractivity contribution in [3.8, 4) is 0 Å². The third-order valence-electron chi connectivity index (χ3n) is 4.45. The molecule has 2 aromatic carbocycles. The number of ether oxygens (including phenoxy) is 1. The average Bonchev–Trinajstić information content (AvgIpc) is 2.54. The Hall–Kier alpha value is -1.68. The van der Waals surface area contributed by atoms with E-state index < -0.39 is 11.1 Å². The zero-order valence-corrected chi connectivity index (χ0v) is 12.5. The highest BCUT2D eigenvalue weighted by atomic mass is 16.5. The predicted molar refractivity (Wildman–Crippen MR) is 80.9 cm³/mol. The van der Waals surface area contributed by atoms with E-state index in [0.29, 0.717) is 13.2 Å². The first-order valence-electron chi connectivity index (χ1n) is 7.24. The maximum absolute atomic E-state index is 13.2. The predicted octanol–water partition coefficient (Wildman–Crippen LogP) is 3.49. The summed E-state index contributed by atoms with van der Waals surface area (Å²) < 4.78 is 5.84. The van der Waals surface area contributed by atoms with Crippen molar-refractivity contribution in [3.63, 3.8) is 0 Å². The smallest absolute Gasteiger partial charge is 0.0957 e. The second-order valence-electron chi connectivity index (χ2n) is 6.07. The van der Waals surface area contributed by atoms with Crippen LogP contribution in [0.15, 0.2) is 60.7 Å². The van der Waals surface area contributed by atoms with Gasteiger partial charge in [0.15, 0.2) is 0 Å². The Kier molecular flexibility index (Phi) is 3.57. The Morgan fingerprint density at radius 1 is 0.810 bits per heavy atom. The lowest BCUT2D eigenvalue weighted by atomic mass is 9.82. The quantitative estimate of drug-likeness (QED) is 0.844. The lowest BCUT2D eigenvalue weighted by Gasteiger charge is -2.50. The molecule has 1 aliphatic rings. The second-order valence-corrected chi connectivity index (χ2v) is 6.07. The Bertz CT molecular complexity index is 548. The summed E-state index contributed by atoms with van der Waals surface area (Å²) in [5.41, 5.74) is 0.623. The molecule has 0 bridgehead atoms. The molecule has 0 N–H and O–H groups in total. The molecule has 2 atom stereocenters. The van der Waals surface area contributed by atoms with Crippen LogP contribution in [-0.4, -0.2) is 18.3 Å². The summed E-state index contributed by atoms with van der Waals surface area (Å²) in [7, 11) is 0. The first-order chi connectivity index (χ1) is 10.1. The third-order valence-corrected chi connectivity index (χ3v) is 4.45. The van der Waals surface area contributed by atoms with E-state index in [4.69, 9.17) is 4.74 Å². The van der Waals surface area contributed by atoms with Gasteiger partial charge in [0.05, 0.1) is 24.3 Å². The zero-order valence-electron chi connectivity index (χ0n) is 12.5. The van der Waals surface area contributed by atoms with Gasteiger partial charge in [0.1, 0.15) is 0 Å². The molecule has 3 heteroatoms. The fraction of sp³-hybridized carbons (Fsp3) is 0.333. The summed E-state index contributed by atoms with van der Waals surface area (Å²) >= 11 is 0. The van der Waals surface area contributed by atoms with Crippen molar-refractivity contribution in [2.45, 2.75) is 24.9 Å². The van der Waals surface area contributed by atoms with E-state index in [0.717, 1.165) is 11.1 Å². The Morgan fingerprint density at radius 2 is 1.19 bits per heavy atom. The van der Waals surface area contributed by atoms with Crippen LogP contribution >= 0.6 is 0 Å². The SMILES string of the molecule is C[C@@]1(c2ccccc2)COC[C@@](C)(c2ccccc2)N1[O]. The lowest BCUT2D eigenvalue weighted by Crippen LogP contribution is -2.60. The molecule has 3 nitrogen and oxygen atoms in total. The van der Waals surface area contributed by atoms with Crippen molar-refractivity contribution in [2.75, 3.05) is 13.2 Å². The van der Waals surface area contributed by atoms with Gasteiger partial charge in [-0.2, -0.15) is 0 Å². The third kappa shape index (κ3) is 2.27.